The van der Waals surface area contributed by atoms with E-state index in [1.807, 2.05) is 6.92 Å². The zero-order valence-electron chi connectivity index (χ0n) is 6.08. The molecule has 1 atom stereocenters. The lowest BCUT2D eigenvalue weighted by Gasteiger charge is -2.11. The van der Waals surface area contributed by atoms with Gasteiger partial charge in [0.1, 0.15) is 6.10 Å². The maximum absolute atomic E-state index is 5.00. The molecule has 0 rings (SSSR count). The van der Waals surface area contributed by atoms with Gasteiger partial charge in [-0.15, -0.1) is 0 Å². The SMILES string of the molecule is CCOCC(CON)ON. The number of hydrogen-bond donors (Lipinski definition) is 2. The van der Waals surface area contributed by atoms with Gasteiger partial charge in [-0.1, -0.05) is 0 Å². The molecule has 0 saturated carbocycles. The molecule has 0 bridgehead atoms. The molecule has 62 valence electrons. The molecule has 0 aromatic heterocycles. The van der Waals surface area contributed by atoms with Crippen LogP contribution in [-0.2, 0) is 14.4 Å². The molecule has 0 heterocycles. The minimum Gasteiger partial charge on any atom is -0.379 e. The second kappa shape index (κ2) is 6.91. The summed E-state index contributed by atoms with van der Waals surface area (Å²) in [7, 11) is 0. The van der Waals surface area contributed by atoms with Crippen molar-refractivity contribution in [2.45, 2.75) is 13.0 Å². The summed E-state index contributed by atoms with van der Waals surface area (Å²) in [6.07, 6.45) is -0.273. The van der Waals surface area contributed by atoms with Crippen molar-refractivity contribution >= 4 is 0 Å². The molecule has 0 aromatic rings. The molecule has 0 spiro atoms. The van der Waals surface area contributed by atoms with E-state index < -0.39 is 0 Å². The smallest absolute Gasteiger partial charge is 0.127 e. The van der Waals surface area contributed by atoms with Gasteiger partial charge >= 0.3 is 0 Å². The second-order valence-electron chi connectivity index (χ2n) is 1.75. The Hall–Kier alpha value is -0.200. The van der Waals surface area contributed by atoms with Gasteiger partial charge in [-0.2, -0.15) is 0 Å². The van der Waals surface area contributed by atoms with E-state index in [0.717, 1.165) is 0 Å². The Morgan fingerprint density at radius 1 is 1.30 bits per heavy atom. The van der Waals surface area contributed by atoms with E-state index in [1.165, 1.54) is 0 Å². The van der Waals surface area contributed by atoms with Crippen molar-refractivity contribution in [1.29, 1.82) is 0 Å². The average molecular weight is 150 g/mol. The number of rotatable bonds is 6. The fourth-order valence-corrected chi connectivity index (χ4v) is 0.483. The maximum atomic E-state index is 5.00. The molecular weight excluding hydrogens is 136 g/mol. The predicted octanol–water partition coefficient (Wildman–Crippen LogP) is -0.828. The van der Waals surface area contributed by atoms with Gasteiger partial charge in [-0.3, -0.25) is 4.84 Å². The van der Waals surface area contributed by atoms with Crippen LogP contribution in [0.3, 0.4) is 0 Å². The Balaban J connectivity index is 3.21. The molecule has 10 heavy (non-hydrogen) atoms. The van der Waals surface area contributed by atoms with Crippen molar-refractivity contribution in [3.05, 3.63) is 0 Å². The minimum atomic E-state index is -0.273. The Labute approximate surface area is 60.1 Å². The summed E-state index contributed by atoms with van der Waals surface area (Å²) in [5.74, 6) is 9.67. The molecular formula is C5H14N2O3. The highest BCUT2D eigenvalue weighted by atomic mass is 16.7. The molecule has 0 radical (unpaired) electrons. The van der Waals surface area contributed by atoms with Crippen LogP contribution in [0.25, 0.3) is 0 Å². The highest BCUT2D eigenvalue weighted by molar-refractivity contribution is 4.51. The standard InChI is InChI=1S/C5H14N2O3/c1-2-8-3-5(10-7)4-9-6/h5H,2-4,6-7H2,1H3. The van der Waals surface area contributed by atoms with E-state index in [1.54, 1.807) is 0 Å². The molecule has 0 aromatic carbocycles. The topological polar surface area (TPSA) is 79.7 Å². The molecule has 0 amide bonds. The lowest BCUT2D eigenvalue weighted by Crippen LogP contribution is -2.29. The molecule has 0 saturated heterocycles. The number of ether oxygens (including phenoxy) is 1. The van der Waals surface area contributed by atoms with Gasteiger partial charge in [-0.25, -0.2) is 11.8 Å². The first-order valence-electron chi connectivity index (χ1n) is 3.10. The van der Waals surface area contributed by atoms with E-state index in [4.69, 9.17) is 16.5 Å². The number of hydrogen-bond acceptors (Lipinski definition) is 5. The van der Waals surface area contributed by atoms with Crippen LogP contribution < -0.4 is 11.8 Å². The zero-order valence-corrected chi connectivity index (χ0v) is 6.08. The van der Waals surface area contributed by atoms with Crippen molar-refractivity contribution in [2.75, 3.05) is 19.8 Å². The monoisotopic (exact) mass is 150 g/mol. The highest BCUT2D eigenvalue weighted by Crippen LogP contribution is 1.88. The number of nitrogens with two attached hydrogens (primary N) is 2. The lowest BCUT2D eigenvalue weighted by molar-refractivity contribution is -0.0604. The average Bonchev–Trinajstić information content (AvgIpc) is 1.98. The Morgan fingerprint density at radius 3 is 2.40 bits per heavy atom. The van der Waals surface area contributed by atoms with Gasteiger partial charge in [0.25, 0.3) is 0 Å². The first kappa shape index (κ1) is 9.80. The van der Waals surface area contributed by atoms with E-state index in [0.29, 0.717) is 13.2 Å². The van der Waals surface area contributed by atoms with Crippen molar-refractivity contribution in [2.24, 2.45) is 11.8 Å². The molecule has 0 fully saturated rings. The van der Waals surface area contributed by atoms with Gasteiger partial charge in [0.15, 0.2) is 0 Å². The summed E-state index contributed by atoms with van der Waals surface area (Å²) < 4.78 is 5.00. The fourth-order valence-electron chi connectivity index (χ4n) is 0.483. The summed E-state index contributed by atoms with van der Waals surface area (Å²) in [5, 5.41) is 0. The Morgan fingerprint density at radius 2 is 2.00 bits per heavy atom. The van der Waals surface area contributed by atoms with E-state index >= 15 is 0 Å². The van der Waals surface area contributed by atoms with Gasteiger partial charge in [0.05, 0.1) is 13.2 Å². The largest absolute Gasteiger partial charge is 0.379 e. The minimum absolute atomic E-state index is 0.247. The third kappa shape index (κ3) is 4.66. The van der Waals surface area contributed by atoms with Crippen molar-refractivity contribution in [3.8, 4) is 0 Å². The van der Waals surface area contributed by atoms with Crippen LogP contribution in [0.1, 0.15) is 6.92 Å². The predicted molar refractivity (Wildman–Crippen MR) is 35.7 cm³/mol. The quantitative estimate of drug-likeness (QED) is 0.483. The Kier molecular flexibility index (Phi) is 6.78. The third-order valence-electron chi connectivity index (χ3n) is 0.982. The summed E-state index contributed by atoms with van der Waals surface area (Å²) in [6, 6.07) is 0. The first-order chi connectivity index (χ1) is 4.85. The summed E-state index contributed by atoms with van der Waals surface area (Å²) in [5.41, 5.74) is 0. The third-order valence-corrected chi connectivity index (χ3v) is 0.982. The lowest BCUT2D eigenvalue weighted by atomic mass is 10.4. The van der Waals surface area contributed by atoms with E-state index in [-0.39, 0.29) is 12.7 Å². The van der Waals surface area contributed by atoms with E-state index in [9.17, 15) is 0 Å². The van der Waals surface area contributed by atoms with Crippen LogP contribution >= 0.6 is 0 Å². The molecule has 5 nitrogen and oxygen atoms in total. The van der Waals surface area contributed by atoms with Crippen molar-refractivity contribution in [3.63, 3.8) is 0 Å². The van der Waals surface area contributed by atoms with Crippen LogP contribution in [0.15, 0.2) is 0 Å². The van der Waals surface area contributed by atoms with Crippen LogP contribution in [-0.4, -0.2) is 25.9 Å². The normalized spacial score (nSPS) is 13.5. The molecule has 0 aliphatic carbocycles. The molecule has 4 N–H and O–H groups in total. The maximum Gasteiger partial charge on any atom is 0.127 e. The van der Waals surface area contributed by atoms with Gasteiger partial charge in [-0.05, 0) is 6.92 Å². The summed E-state index contributed by atoms with van der Waals surface area (Å²) in [6.45, 7) is 3.17. The van der Waals surface area contributed by atoms with E-state index in [2.05, 4.69) is 9.68 Å². The van der Waals surface area contributed by atoms with Gasteiger partial charge in [0, 0.05) is 6.61 Å². The summed E-state index contributed by atoms with van der Waals surface area (Å²) >= 11 is 0. The van der Waals surface area contributed by atoms with Gasteiger partial charge < -0.3 is 9.57 Å². The van der Waals surface area contributed by atoms with Crippen LogP contribution in [0.4, 0.5) is 0 Å². The first-order valence-corrected chi connectivity index (χ1v) is 3.10. The molecule has 1 unspecified atom stereocenters. The van der Waals surface area contributed by atoms with Crippen LogP contribution in [0.5, 0.6) is 0 Å². The fraction of sp³-hybridized carbons (Fsp3) is 1.00. The highest BCUT2D eigenvalue weighted by Gasteiger charge is 2.06. The zero-order chi connectivity index (χ0) is 7.82. The van der Waals surface area contributed by atoms with Crippen molar-refractivity contribution in [1.82, 2.24) is 0 Å². The molecule has 0 aliphatic heterocycles. The van der Waals surface area contributed by atoms with Gasteiger partial charge in [0.2, 0.25) is 0 Å². The van der Waals surface area contributed by atoms with Crippen molar-refractivity contribution < 1.29 is 14.4 Å². The van der Waals surface area contributed by atoms with Crippen LogP contribution in [0.2, 0.25) is 0 Å². The Bertz CT molecular complexity index is 71.9. The molecule has 5 heteroatoms. The second-order valence-corrected chi connectivity index (χ2v) is 1.75. The molecule has 0 aliphatic rings. The summed E-state index contributed by atoms with van der Waals surface area (Å²) in [4.78, 5) is 8.77. The van der Waals surface area contributed by atoms with Crippen LogP contribution in [0, 0.1) is 0 Å².